The number of fused-ring (bicyclic) bond motifs is 1. The lowest BCUT2D eigenvalue weighted by Crippen LogP contribution is -2.27. The highest BCUT2D eigenvalue weighted by atomic mass is 35.5. The van der Waals surface area contributed by atoms with Crippen molar-refractivity contribution in [2.24, 2.45) is 0 Å². The second-order valence-corrected chi connectivity index (χ2v) is 5.78. The van der Waals surface area contributed by atoms with Gasteiger partial charge in [0.2, 0.25) is 0 Å². The molecule has 1 unspecified atom stereocenters. The van der Waals surface area contributed by atoms with Gasteiger partial charge in [-0.3, -0.25) is 0 Å². The number of benzene rings is 1. The Balaban J connectivity index is 2.26. The van der Waals surface area contributed by atoms with Gasteiger partial charge in [0, 0.05) is 16.5 Å². The summed E-state index contributed by atoms with van der Waals surface area (Å²) in [5.41, 5.74) is 0.909. The van der Waals surface area contributed by atoms with Crippen molar-refractivity contribution in [3.05, 3.63) is 35.0 Å². The number of hydrogen-bond donors (Lipinski definition) is 1. The van der Waals surface area contributed by atoms with Gasteiger partial charge in [-0.25, -0.2) is 0 Å². The number of nitrogens with one attached hydrogen (secondary N) is 1. The van der Waals surface area contributed by atoms with Gasteiger partial charge < -0.3 is 9.73 Å². The fraction of sp³-hybridized carbons (Fsp3) is 0.500. The van der Waals surface area contributed by atoms with Crippen LogP contribution >= 0.6 is 11.6 Å². The van der Waals surface area contributed by atoms with Crippen LogP contribution in [0.1, 0.15) is 51.8 Å². The molecule has 2 rings (SSSR count). The molecule has 0 spiro atoms. The smallest absolute Gasteiger partial charge is 0.134 e. The van der Waals surface area contributed by atoms with E-state index in [1.807, 2.05) is 18.2 Å². The van der Waals surface area contributed by atoms with Gasteiger partial charge in [0.1, 0.15) is 11.3 Å². The van der Waals surface area contributed by atoms with Crippen molar-refractivity contribution in [3.8, 4) is 0 Å². The van der Waals surface area contributed by atoms with Crippen LogP contribution in [-0.4, -0.2) is 6.04 Å². The van der Waals surface area contributed by atoms with E-state index in [0.717, 1.165) is 28.2 Å². The van der Waals surface area contributed by atoms with E-state index in [1.54, 1.807) is 0 Å². The highest BCUT2D eigenvalue weighted by Gasteiger charge is 2.16. The Morgan fingerprint density at radius 3 is 2.74 bits per heavy atom. The van der Waals surface area contributed by atoms with Gasteiger partial charge in [0.15, 0.2) is 0 Å². The fourth-order valence-electron chi connectivity index (χ4n) is 2.32. The van der Waals surface area contributed by atoms with Crippen LogP contribution in [0.4, 0.5) is 0 Å². The molecule has 0 amide bonds. The standard InChI is InChI=1S/C16H22ClNO/c1-4-5-6-14(18-11(2)3)16-10-12-9-13(17)7-8-15(12)19-16/h7-11,14,18H,4-6H2,1-3H3. The number of unbranched alkanes of at least 4 members (excludes halogenated alkanes) is 1. The molecule has 104 valence electrons. The van der Waals surface area contributed by atoms with Crippen LogP contribution in [0, 0.1) is 0 Å². The SMILES string of the molecule is CCCCC(NC(C)C)c1cc2cc(Cl)ccc2o1. The lowest BCUT2D eigenvalue weighted by molar-refractivity contribution is 0.377. The zero-order valence-corrected chi connectivity index (χ0v) is 12.6. The first-order valence-corrected chi connectivity index (χ1v) is 7.43. The van der Waals surface area contributed by atoms with Crippen molar-refractivity contribution in [3.63, 3.8) is 0 Å². The van der Waals surface area contributed by atoms with Crippen molar-refractivity contribution in [1.29, 1.82) is 0 Å². The second kappa shape index (κ2) is 6.44. The van der Waals surface area contributed by atoms with Gasteiger partial charge >= 0.3 is 0 Å². The maximum absolute atomic E-state index is 6.02. The monoisotopic (exact) mass is 279 g/mol. The number of rotatable bonds is 6. The van der Waals surface area contributed by atoms with Crippen molar-refractivity contribution < 1.29 is 4.42 Å². The summed E-state index contributed by atoms with van der Waals surface area (Å²) in [5, 5.41) is 5.41. The largest absolute Gasteiger partial charge is 0.459 e. The van der Waals surface area contributed by atoms with Crippen molar-refractivity contribution in [1.82, 2.24) is 5.32 Å². The van der Waals surface area contributed by atoms with Gasteiger partial charge in [-0.2, -0.15) is 0 Å². The molecule has 0 saturated heterocycles. The minimum absolute atomic E-state index is 0.283. The zero-order valence-electron chi connectivity index (χ0n) is 11.9. The van der Waals surface area contributed by atoms with Gasteiger partial charge in [-0.1, -0.05) is 45.2 Å². The summed E-state index contributed by atoms with van der Waals surface area (Å²) in [5.74, 6) is 1.01. The van der Waals surface area contributed by atoms with Crippen molar-refractivity contribution in [2.75, 3.05) is 0 Å². The first-order chi connectivity index (χ1) is 9.10. The Morgan fingerprint density at radius 1 is 1.26 bits per heavy atom. The van der Waals surface area contributed by atoms with Crippen molar-refractivity contribution >= 4 is 22.6 Å². The van der Waals surface area contributed by atoms with Crippen LogP contribution < -0.4 is 5.32 Å². The topological polar surface area (TPSA) is 25.2 Å². The van der Waals surface area contributed by atoms with Crippen LogP contribution in [0.5, 0.6) is 0 Å². The molecule has 0 aliphatic carbocycles. The molecule has 0 radical (unpaired) electrons. The summed E-state index contributed by atoms with van der Waals surface area (Å²) >= 11 is 6.02. The van der Waals surface area contributed by atoms with Gasteiger partial charge in [-0.15, -0.1) is 0 Å². The Hall–Kier alpha value is -0.990. The third-order valence-corrected chi connectivity index (χ3v) is 3.46. The van der Waals surface area contributed by atoms with Crippen LogP contribution in [0.15, 0.2) is 28.7 Å². The maximum atomic E-state index is 6.02. The van der Waals surface area contributed by atoms with E-state index < -0.39 is 0 Å². The fourth-order valence-corrected chi connectivity index (χ4v) is 2.51. The summed E-state index contributed by atoms with van der Waals surface area (Å²) in [6, 6.07) is 8.60. The molecule has 19 heavy (non-hydrogen) atoms. The molecule has 0 bridgehead atoms. The molecular formula is C16H22ClNO. The average molecular weight is 280 g/mol. The molecule has 0 aliphatic rings. The lowest BCUT2D eigenvalue weighted by atomic mass is 10.1. The molecule has 1 aromatic carbocycles. The van der Waals surface area contributed by atoms with Gasteiger partial charge in [-0.05, 0) is 30.7 Å². The maximum Gasteiger partial charge on any atom is 0.134 e. The highest BCUT2D eigenvalue weighted by Crippen LogP contribution is 2.29. The highest BCUT2D eigenvalue weighted by molar-refractivity contribution is 6.31. The van der Waals surface area contributed by atoms with Crippen LogP contribution in [0.2, 0.25) is 5.02 Å². The van der Waals surface area contributed by atoms with E-state index in [0.29, 0.717) is 6.04 Å². The van der Waals surface area contributed by atoms with E-state index in [4.69, 9.17) is 16.0 Å². The molecule has 1 atom stereocenters. The summed E-state index contributed by atoms with van der Waals surface area (Å²) in [4.78, 5) is 0. The first kappa shape index (κ1) is 14.4. The predicted molar refractivity (Wildman–Crippen MR) is 81.8 cm³/mol. The summed E-state index contributed by atoms with van der Waals surface area (Å²) < 4.78 is 5.96. The van der Waals surface area contributed by atoms with Crippen LogP contribution in [0.25, 0.3) is 11.0 Å². The van der Waals surface area contributed by atoms with Gasteiger partial charge in [0.05, 0.1) is 6.04 Å². The summed E-state index contributed by atoms with van der Waals surface area (Å²) in [6.45, 7) is 6.54. The minimum Gasteiger partial charge on any atom is -0.459 e. The molecule has 2 nitrogen and oxygen atoms in total. The molecule has 1 aromatic heterocycles. The number of hydrogen-bond acceptors (Lipinski definition) is 2. The molecule has 0 saturated carbocycles. The molecule has 1 N–H and O–H groups in total. The summed E-state index contributed by atoms with van der Waals surface area (Å²) in [6.07, 6.45) is 3.49. The first-order valence-electron chi connectivity index (χ1n) is 7.05. The van der Waals surface area contributed by atoms with E-state index >= 15 is 0 Å². The molecule has 1 heterocycles. The third kappa shape index (κ3) is 3.74. The van der Waals surface area contributed by atoms with Crippen LogP contribution in [0.3, 0.4) is 0 Å². The van der Waals surface area contributed by atoms with E-state index in [-0.39, 0.29) is 6.04 Å². The lowest BCUT2D eigenvalue weighted by Gasteiger charge is -2.18. The van der Waals surface area contributed by atoms with Crippen LogP contribution in [-0.2, 0) is 0 Å². The summed E-state index contributed by atoms with van der Waals surface area (Å²) in [7, 11) is 0. The predicted octanol–water partition coefficient (Wildman–Crippen LogP) is 5.32. The van der Waals surface area contributed by atoms with E-state index in [2.05, 4.69) is 32.2 Å². The van der Waals surface area contributed by atoms with E-state index in [1.165, 1.54) is 12.8 Å². The Morgan fingerprint density at radius 2 is 2.05 bits per heavy atom. The zero-order chi connectivity index (χ0) is 13.8. The third-order valence-electron chi connectivity index (χ3n) is 3.22. The Kier molecular flexibility index (Phi) is 4.89. The normalized spacial score (nSPS) is 13.3. The number of halogens is 1. The average Bonchev–Trinajstić information content (AvgIpc) is 2.76. The van der Waals surface area contributed by atoms with Gasteiger partial charge in [0.25, 0.3) is 0 Å². The number of furan rings is 1. The Labute approximate surface area is 120 Å². The second-order valence-electron chi connectivity index (χ2n) is 5.35. The quantitative estimate of drug-likeness (QED) is 0.774. The molecule has 3 heteroatoms. The molecular weight excluding hydrogens is 258 g/mol. The van der Waals surface area contributed by atoms with E-state index in [9.17, 15) is 0 Å². The molecule has 2 aromatic rings. The minimum atomic E-state index is 0.283. The molecule has 0 fully saturated rings. The Bertz CT molecular complexity index is 533. The van der Waals surface area contributed by atoms with Crippen molar-refractivity contribution in [2.45, 2.75) is 52.1 Å². The molecule has 0 aliphatic heterocycles.